The molecule has 4 N–H and O–H groups in total. The number of nitrogens with one attached hydrogen (secondary N) is 1. The monoisotopic (exact) mass is 248 g/mol. The fourth-order valence-corrected chi connectivity index (χ4v) is 1.71. The molecule has 1 amide bonds. The van der Waals surface area contributed by atoms with Crippen LogP contribution in [0, 0.1) is 5.92 Å². The van der Waals surface area contributed by atoms with E-state index in [9.17, 15) is 9.90 Å². The summed E-state index contributed by atoms with van der Waals surface area (Å²) >= 11 is 0. The van der Waals surface area contributed by atoms with Gasteiger partial charge in [-0.2, -0.15) is 0 Å². The van der Waals surface area contributed by atoms with Gasteiger partial charge in [0.05, 0.1) is 0 Å². The van der Waals surface area contributed by atoms with Gasteiger partial charge in [0, 0.05) is 12.6 Å². The normalized spacial score (nSPS) is 18.9. The van der Waals surface area contributed by atoms with Gasteiger partial charge >= 0.3 is 0 Å². The number of carbonyl (C=O) groups is 1. The van der Waals surface area contributed by atoms with E-state index in [0.717, 1.165) is 6.42 Å². The minimum absolute atomic E-state index is 0. The minimum atomic E-state index is -1.09. The van der Waals surface area contributed by atoms with E-state index in [2.05, 4.69) is 11.9 Å². The number of aliphatic hydroxyl groups excluding tert-OH is 1. The first-order valence-corrected chi connectivity index (χ1v) is 5.47. The molecule has 2 unspecified atom stereocenters. The molecule has 94 valence electrons. The van der Waals surface area contributed by atoms with Gasteiger partial charge in [-0.1, -0.05) is 25.3 Å². The van der Waals surface area contributed by atoms with Crippen LogP contribution in [0.2, 0.25) is 0 Å². The van der Waals surface area contributed by atoms with Crippen molar-refractivity contribution in [2.24, 2.45) is 11.7 Å². The molecule has 16 heavy (non-hydrogen) atoms. The average molecular weight is 249 g/mol. The van der Waals surface area contributed by atoms with E-state index in [-0.39, 0.29) is 12.4 Å². The van der Waals surface area contributed by atoms with Gasteiger partial charge in [-0.25, -0.2) is 0 Å². The Hall–Kier alpha value is -0.580. The first-order valence-electron chi connectivity index (χ1n) is 5.47. The number of halogens is 1. The van der Waals surface area contributed by atoms with Crippen LogP contribution in [0.1, 0.15) is 25.7 Å². The number of hydrogen-bond donors (Lipinski definition) is 3. The van der Waals surface area contributed by atoms with Crippen molar-refractivity contribution in [3.05, 3.63) is 12.7 Å². The van der Waals surface area contributed by atoms with Crippen molar-refractivity contribution in [3.63, 3.8) is 0 Å². The number of hydrogen-bond acceptors (Lipinski definition) is 3. The molecule has 0 aromatic rings. The molecule has 0 aromatic heterocycles. The van der Waals surface area contributed by atoms with E-state index in [0.29, 0.717) is 12.5 Å². The van der Waals surface area contributed by atoms with Crippen LogP contribution in [0.15, 0.2) is 12.7 Å². The lowest BCUT2D eigenvalue weighted by Gasteiger charge is -2.29. The predicted octanol–water partition coefficient (Wildman–Crippen LogP) is 0.589. The van der Waals surface area contributed by atoms with E-state index in [1.165, 1.54) is 19.3 Å². The Morgan fingerprint density at radius 3 is 2.69 bits per heavy atom. The Morgan fingerprint density at radius 1 is 1.62 bits per heavy atom. The van der Waals surface area contributed by atoms with Gasteiger partial charge in [-0.3, -0.25) is 4.79 Å². The quantitative estimate of drug-likeness (QED) is 0.603. The summed E-state index contributed by atoms with van der Waals surface area (Å²) in [6, 6.07) is -0.444. The van der Waals surface area contributed by atoms with Gasteiger partial charge in [0.25, 0.3) is 5.91 Å². The molecule has 0 spiro atoms. The molecular formula is C11H21ClN2O2. The number of nitrogens with two attached hydrogens (primary N) is 1. The third-order valence-corrected chi connectivity index (χ3v) is 2.93. The number of amides is 1. The van der Waals surface area contributed by atoms with Crippen molar-refractivity contribution in [2.45, 2.75) is 37.8 Å². The summed E-state index contributed by atoms with van der Waals surface area (Å²) in [5.74, 6) is 0.198. The zero-order chi connectivity index (χ0) is 11.3. The van der Waals surface area contributed by atoms with Crippen molar-refractivity contribution in [3.8, 4) is 0 Å². The summed E-state index contributed by atoms with van der Waals surface area (Å²) in [6.45, 7) is 3.85. The van der Waals surface area contributed by atoms with Crippen molar-refractivity contribution >= 4 is 18.3 Å². The molecule has 4 nitrogen and oxygen atoms in total. The van der Waals surface area contributed by atoms with Crippen LogP contribution in [0.4, 0.5) is 0 Å². The molecule has 5 heteroatoms. The maximum atomic E-state index is 11.3. The third-order valence-electron chi connectivity index (χ3n) is 2.93. The fourth-order valence-electron chi connectivity index (χ4n) is 1.71. The molecule has 0 heterocycles. The van der Waals surface area contributed by atoms with Gasteiger partial charge in [0.15, 0.2) is 0 Å². The van der Waals surface area contributed by atoms with E-state index in [4.69, 9.17) is 5.73 Å². The highest BCUT2D eigenvalue weighted by atomic mass is 35.5. The second kappa shape index (κ2) is 7.65. The number of carbonyl (C=O) groups excluding carboxylic acids is 1. The van der Waals surface area contributed by atoms with Gasteiger partial charge in [-0.05, 0) is 12.3 Å². The molecule has 0 aliphatic heterocycles. The molecule has 1 aliphatic rings. The lowest BCUT2D eigenvalue weighted by Crippen LogP contribution is -2.47. The molecule has 2 atom stereocenters. The van der Waals surface area contributed by atoms with Crippen LogP contribution in [-0.2, 0) is 4.79 Å². The first-order chi connectivity index (χ1) is 7.15. The van der Waals surface area contributed by atoms with Crippen LogP contribution in [0.25, 0.3) is 0 Å². The lowest BCUT2D eigenvalue weighted by molar-refractivity contribution is -0.130. The van der Waals surface area contributed by atoms with Gasteiger partial charge < -0.3 is 16.2 Å². The minimum Gasteiger partial charge on any atom is -0.382 e. The molecule has 1 rings (SSSR count). The Balaban J connectivity index is 0.00000225. The largest absolute Gasteiger partial charge is 0.382 e. The van der Waals surface area contributed by atoms with Crippen molar-refractivity contribution in [1.82, 2.24) is 5.32 Å². The van der Waals surface area contributed by atoms with Gasteiger partial charge in [0.2, 0.25) is 0 Å². The first kappa shape index (κ1) is 15.4. The Bertz CT molecular complexity index is 232. The maximum Gasteiger partial charge on any atom is 0.250 e. The highest BCUT2D eigenvalue weighted by molar-refractivity contribution is 5.85. The van der Waals surface area contributed by atoms with Crippen LogP contribution in [0.3, 0.4) is 0 Å². The smallest absolute Gasteiger partial charge is 0.250 e. The van der Waals surface area contributed by atoms with Crippen LogP contribution in [0.5, 0.6) is 0 Å². The van der Waals surface area contributed by atoms with E-state index >= 15 is 0 Å². The zero-order valence-electron chi connectivity index (χ0n) is 9.39. The SMILES string of the molecule is C=CCNC(=O)C(O)C(N)CC1CCC1.Cl. The number of aliphatic hydroxyl groups is 1. The second-order valence-corrected chi connectivity index (χ2v) is 4.18. The Morgan fingerprint density at radius 2 is 2.25 bits per heavy atom. The Kier molecular flexibility index (Phi) is 7.38. The maximum absolute atomic E-state index is 11.3. The summed E-state index contributed by atoms with van der Waals surface area (Å²) in [4.78, 5) is 11.3. The summed E-state index contributed by atoms with van der Waals surface area (Å²) in [5.41, 5.74) is 5.76. The molecule has 0 radical (unpaired) electrons. The van der Waals surface area contributed by atoms with Gasteiger partial charge in [-0.15, -0.1) is 19.0 Å². The molecular weight excluding hydrogens is 228 g/mol. The average Bonchev–Trinajstić information content (AvgIpc) is 2.18. The highest BCUT2D eigenvalue weighted by Crippen LogP contribution is 2.30. The molecule has 0 aromatic carbocycles. The Labute approximate surface area is 103 Å². The molecule has 1 saturated carbocycles. The fraction of sp³-hybridized carbons (Fsp3) is 0.727. The van der Waals surface area contributed by atoms with E-state index in [1.54, 1.807) is 6.08 Å². The third kappa shape index (κ3) is 4.51. The zero-order valence-corrected chi connectivity index (χ0v) is 10.2. The summed E-state index contributed by atoms with van der Waals surface area (Å²) < 4.78 is 0. The van der Waals surface area contributed by atoms with E-state index < -0.39 is 18.1 Å². The van der Waals surface area contributed by atoms with Crippen molar-refractivity contribution in [1.29, 1.82) is 0 Å². The molecule has 1 aliphatic carbocycles. The topological polar surface area (TPSA) is 75.3 Å². The standard InChI is InChI=1S/C11H20N2O2.ClH/c1-2-6-13-11(15)10(14)9(12)7-8-4-3-5-8;/h2,8-10,14H,1,3-7,12H2,(H,13,15);1H. The van der Waals surface area contributed by atoms with Crippen LogP contribution >= 0.6 is 12.4 Å². The number of rotatable bonds is 6. The summed E-state index contributed by atoms with van der Waals surface area (Å²) in [5, 5.41) is 12.1. The lowest BCUT2D eigenvalue weighted by atomic mass is 9.80. The molecule has 1 fully saturated rings. The van der Waals surface area contributed by atoms with Crippen LogP contribution in [-0.4, -0.2) is 29.7 Å². The van der Waals surface area contributed by atoms with Crippen molar-refractivity contribution in [2.75, 3.05) is 6.54 Å². The predicted molar refractivity (Wildman–Crippen MR) is 66.4 cm³/mol. The summed E-state index contributed by atoms with van der Waals surface area (Å²) in [7, 11) is 0. The highest BCUT2D eigenvalue weighted by Gasteiger charge is 2.27. The molecule has 0 bridgehead atoms. The van der Waals surface area contributed by atoms with Crippen molar-refractivity contribution < 1.29 is 9.90 Å². The molecule has 0 saturated heterocycles. The van der Waals surface area contributed by atoms with Gasteiger partial charge in [0.1, 0.15) is 6.10 Å². The van der Waals surface area contributed by atoms with Crippen LogP contribution < -0.4 is 11.1 Å². The van der Waals surface area contributed by atoms with E-state index in [1.807, 2.05) is 0 Å². The second-order valence-electron chi connectivity index (χ2n) is 4.18. The summed E-state index contributed by atoms with van der Waals surface area (Å²) in [6.07, 6.45) is 4.81.